The summed E-state index contributed by atoms with van der Waals surface area (Å²) in [5, 5.41) is 0. The second-order valence-electron chi connectivity index (χ2n) is 3.26. The van der Waals surface area contributed by atoms with Gasteiger partial charge in [-0.25, -0.2) is 0 Å². The molecule has 2 atom stereocenters. The number of benzene rings is 1. The Morgan fingerprint density at radius 1 is 1.41 bits per heavy atom. The molecule has 0 fully saturated rings. The first-order valence-corrected chi connectivity index (χ1v) is 6.41. The summed E-state index contributed by atoms with van der Waals surface area (Å²) in [7, 11) is -2.35. The fraction of sp³-hybridized carbons (Fsp3) is 0.455. The van der Waals surface area contributed by atoms with E-state index in [0.717, 1.165) is 5.75 Å². The van der Waals surface area contributed by atoms with Gasteiger partial charge in [0.25, 0.3) is 0 Å². The molecule has 6 heteroatoms. The monoisotopic (exact) mass is 260 g/mol. The predicted molar refractivity (Wildman–Crippen MR) is 67.0 cm³/mol. The maximum atomic E-state index is 9.53. The van der Waals surface area contributed by atoms with Crippen LogP contribution in [0.4, 0.5) is 0 Å². The SMILES string of the molecule is CC(N)COc1ccccc1.CCO[P+](=O)O. The summed E-state index contributed by atoms with van der Waals surface area (Å²) in [5.74, 6) is 0.879. The van der Waals surface area contributed by atoms with E-state index in [2.05, 4.69) is 4.52 Å². The van der Waals surface area contributed by atoms with Crippen molar-refractivity contribution in [3.8, 4) is 5.75 Å². The normalized spacial score (nSPS) is 12.1. The van der Waals surface area contributed by atoms with E-state index in [1.54, 1.807) is 6.92 Å². The third-order valence-electron chi connectivity index (χ3n) is 1.50. The summed E-state index contributed by atoms with van der Waals surface area (Å²) in [5.41, 5.74) is 5.52. The lowest BCUT2D eigenvalue weighted by Crippen LogP contribution is -2.23. The van der Waals surface area contributed by atoms with Crippen molar-refractivity contribution in [1.82, 2.24) is 0 Å². The van der Waals surface area contributed by atoms with Gasteiger partial charge < -0.3 is 10.5 Å². The van der Waals surface area contributed by atoms with Crippen LogP contribution in [0.2, 0.25) is 0 Å². The van der Waals surface area contributed by atoms with Gasteiger partial charge in [-0.05, 0) is 26.0 Å². The minimum absolute atomic E-state index is 0.0928. The fourth-order valence-corrected chi connectivity index (χ4v) is 1.08. The molecule has 0 amide bonds. The fourth-order valence-electron chi connectivity index (χ4n) is 0.855. The maximum absolute atomic E-state index is 9.53. The van der Waals surface area contributed by atoms with Gasteiger partial charge in [0.1, 0.15) is 19.0 Å². The molecule has 0 spiro atoms. The quantitative estimate of drug-likeness (QED) is 0.792. The van der Waals surface area contributed by atoms with Crippen molar-refractivity contribution in [1.29, 1.82) is 0 Å². The molecule has 0 radical (unpaired) electrons. The van der Waals surface area contributed by atoms with Crippen LogP contribution in [0.1, 0.15) is 13.8 Å². The van der Waals surface area contributed by atoms with Gasteiger partial charge in [-0.3, -0.25) is 0 Å². The van der Waals surface area contributed by atoms with Crippen molar-refractivity contribution >= 4 is 8.25 Å². The Morgan fingerprint density at radius 3 is 2.35 bits per heavy atom. The van der Waals surface area contributed by atoms with E-state index in [4.69, 9.17) is 15.4 Å². The van der Waals surface area contributed by atoms with Crippen molar-refractivity contribution in [2.75, 3.05) is 13.2 Å². The highest BCUT2D eigenvalue weighted by atomic mass is 31.1. The van der Waals surface area contributed by atoms with Crippen LogP contribution in [0.15, 0.2) is 30.3 Å². The van der Waals surface area contributed by atoms with Gasteiger partial charge in [0, 0.05) is 10.6 Å². The van der Waals surface area contributed by atoms with Crippen LogP contribution in [-0.2, 0) is 9.09 Å². The minimum Gasteiger partial charge on any atom is -0.492 e. The first-order valence-electron chi connectivity index (χ1n) is 5.28. The lowest BCUT2D eigenvalue weighted by molar-refractivity contribution is 0.296. The lowest BCUT2D eigenvalue weighted by atomic mass is 10.3. The Kier molecular flexibility index (Phi) is 9.57. The van der Waals surface area contributed by atoms with Gasteiger partial charge in [-0.1, -0.05) is 18.2 Å². The Hall–Kier alpha value is -1.00. The van der Waals surface area contributed by atoms with Crippen molar-refractivity contribution in [2.24, 2.45) is 5.73 Å². The van der Waals surface area contributed by atoms with Crippen molar-refractivity contribution in [3.63, 3.8) is 0 Å². The first-order chi connectivity index (χ1) is 8.06. The van der Waals surface area contributed by atoms with Gasteiger partial charge >= 0.3 is 8.25 Å². The Balaban J connectivity index is 0.000000366. The van der Waals surface area contributed by atoms with E-state index < -0.39 is 8.25 Å². The van der Waals surface area contributed by atoms with Crippen molar-refractivity contribution in [2.45, 2.75) is 19.9 Å². The lowest BCUT2D eigenvalue weighted by Gasteiger charge is -2.07. The summed E-state index contributed by atoms with van der Waals surface area (Å²) in [4.78, 5) is 7.84. The molecule has 0 aliphatic heterocycles. The van der Waals surface area contributed by atoms with Crippen molar-refractivity contribution in [3.05, 3.63) is 30.3 Å². The first kappa shape index (κ1) is 16.0. The molecule has 17 heavy (non-hydrogen) atoms. The van der Waals surface area contributed by atoms with Crippen LogP contribution >= 0.6 is 8.25 Å². The zero-order valence-electron chi connectivity index (χ0n) is 10.1. The highest BCUT2D eigenvalue weighted by molar-refractivity contribution is 7.32. The maximum Gasteiger partial charge on any atom is 0.694 e. The molecule has 1 aromatic rings. The molecule has 1 aromatic carbocycles. The molecule has 0 aliphatic carbocycles. The molecule has 0 saturated carbocycles. The predicted octanol–water partition coefficient (Wildman–Crippen LogP) is 2.09. The van der Waals surface area contributed by atoms with E-state index in [1.165, 1.54) is 0 Å². The Labute approximate surface area is 103 Å². The summed E-state index contributed by atoms with van der Waals surface area (Å²) in [6.45, 7) is 4.45. The molecule has 2 unspecified atom stereocenters. The molecule has 1 rings (SSSR count). The molecule has 96 valence electrons. The molecule has 0 aromatic heterocycles. The zero-order valence-corrected chi connectivity index (χ0v) is 11.0. The molecule has 3 N–H and O–H groups in total. The molecule has 0 aliphatic rings. The van der Waals surface area contributed by atoms with Gasteiger partial charge in [0.15, 0.2) is 0 Å². The van der Waals surface area contributed by atoms with Gasteiger partial charge in [0.05, 0.1) is 0 Å². The van der Waals surface area contributed by atoms with Crippen LogP contribution in [0.3, 0.4) is 0 Å². The van der Waals surface area contributed by atoms with E-state index >= 15 is 0 Å². The van der Waals surface area contributed by atoms with Gasteiger partial charge in [-0.2, -0.15) is 0 Å². The highest BCUT2D eigenvalue weighted by Crippen LogP contribution is 2.12. The van der Waals surface area contributed by atoms with Crippen LogP contribution in [0.25, 0.3) is 0 Å². The number of para-hydroxylation sites is 1. The number of ether oxygens (including phenoxy) is 1. The van der Waals surface area contributed by atoms with Gasteiger partial charge in [-0.15, -0.1) is 9.42 Å². The van der Waals surface area contributed by atoms with Crippen LogP contribution in [-0.4, -0.2) is 24.1 Å². The standard InChI is InChI=1S/C9H13NO.C2H5O3P/c1-8(10)7-11-9-5-3-2-4-6-9;1-2-5-6(3)4/h2-6,8H,7,10H2,1H3;2H2,1H3/p+1. The zero-order chi connectivity index (χ0) is 13.1. The average Bonchev–Trinajstić information content (AvgIpc) is 2.28. The highest BCUT2D eigenvalue weighted by Gasteiger charge is 2.06. The van der Waals surface area contributed by atoms with Crippen LogP contribution in [0, 0.1) is 0 Å². The van der Waals surface area contributed by atoms with E-state index in [0.29, 0.717) is 13.2 Å². The minimum atomic E-state index is -2.35. The number of hydrogen-bond donors (Lipinski definition) is 2. The van der Waals surface area contributed by atoms with E-state index in [1.807, 2.05) is 37.3 Å². The third kappa shape index (κ3) is 11.3. The molecular formula is C11H19NO4P+. The topological polar surface area (TPSA) is 81.8 Å². The molecule has 0 saturated heterocycles. The summed E-state index contributed by atoms with van der Waals surface area (Å²) in [6, 6.07) is 9.77. The average molecular weight is 260 g/mol. The second kappa shape index (κ2) is 10.2. The molecule has 5 nitrogen and oxygen atoms in total. The third-order valence-corrected chi connectivity index (χ3v) is 1.97. The van der Waals surface area contributed by atoms with Crippen LogP contribution < -0.4 is 10.5 Å². The van der Waals surface area contributed by atoms with Gasteiger partial charge in [0.2, 0.25) is 0 Å². The van der Waals surface area contributed by atoms with E-state index in [-0.39, 0.29) is 6.04 Å². The second-order valence-corrected chi connectivity index (χ2v) is 3.99. The smallest absolute Gasteiger partial charge is 0.492 e. The Bertz CT molecular complexity index is 306. The van der Waals surface area contributed by atoms with Crippen LogP contribution in [0.5, 0.6) is 5.75 Å². The molecule has 0 bridgehead atoms. The van der Waals surface area contributed by atoms with E-state index in [9.17, 15) is 4.57 Å². The number of nitrogens with two attached hydrogens (primary N) is 1. The summed E-state index contributed by atoms with van der Waals surface area (Å²) < 4.78 is 19.0. The summed E-state index contributed by atoms with van der Waals surface area (Å²) >= 11 is 0. The number of rotatable bonds is 5. The van der Waals surface area contributed by atoms with Crippen molar-refractivity contribution < 1.29 is 18.7 Å². The molecule has 0 heterocycles. The Morgan fingerprint density at radius 2 is 2.00 bits per heavy atom. The molecular weight excluding hydrogens is 241 g/mol. The number of hydrogen-bond acceptors (Lipinski definition) is 4. The summed E-state index contributed by atoms with van der Waals surface area (Å²) in [6.07, 6.45) is 0. The largest absolute Gasteiger partial charge is 0.694 e.